The second kappa shape index (κ2) is 10.9. The molecule has 1 unspecified atom stereocenters. The molecule has 0 amide bonds. The van der Waals surface area contributed by atoms with Crippen molar-refractivity contribution in [3.63, 3.8) is 0 Å². The molecule has 1 saturated heterocycles. The fourth-order valence-corrected chi connectivity index (χ4v) is 5.15. The zero-order valence-corrected chi connectivity index (χ0v) is 19.5. The summed E-state index contributed by atoms with van der Waals surface area (Å²) in [6.07, 6.45) is 5.21. The summed E-state index contributed by atoms with van der Waals surface area (Å²) in [5.41, 5.74) is 1.26. The zero-order chi connectivity index (χ0) is 22.3. The van der Waals surface area contributed by atoms with Crippen LogP contribution in [0.15, 0.2) is 47.5 Å². The Morgan fingerprint density at radius 2 is 2.00 bits per heavy atom. The molecular weight excluding hydrogens is 412 g/mol. The lowest BCUT2D eigenvalue weighted by Gasteiger charge is -2.32. The van der Waals surface area contributed by atoms with Gasteiger partial charge in [-0.1, -0.05) is 25.5 Å². The molecule has 2 N–H and O–H groups in total. The van der Waals surface area contributed by atoms with Crippen molar-refractivity contribution in [1.29, 1.82) is 0 Å². The number of nitrogens with zero attached hydrogens (tertiary/aromatic N) is 2. The third kappa shape index (κ3) is 6.92. The maximum Gasteiger partial charge on any atom is 0.242 e. The highest BCUT2D eigenvalue weighted by molar-refractivity contribution is 7.89. The van der Waals surface area contributed by atoms with Crippen LogP contribution in [-0.4, -0.2) is 50.6 Å². The van der Waals surface area contributed by atoms with Gasteiger partial charge in [-0.2, -0.15) is 0 Å². The van der Waals surface area contributed by atoms with Crippen molar-refractivity contribution in [3.8, 4) is 5.75 Å². The van der Waals surface area contributed by atoms with Crippen molar-refractivity contribution in [1.82, 2.24) is 14.6 Å². The highest BCUT2D eigenvalue weighted by atomic mass is 32.2. The quantitative estimate of drug-likeness (QED) is 0.580. The number of aromatic nitrogens is 1. The van der Waals surface area contributed by atoms with Crippen LogP contribution in [0.5, 0.6) is 5.75 Å². The smallest absolute Gasteiger partial charge is 0.242 e. The third-order valence-corrected chi connectivity index (χ3v) is 7.18. The average molecular weight is 447 g/mol. The number of anilines is 1. The second-order valence-electron chi connectivity index (χ2n) is 8.24. The molecule has 1 aliphatic rings. The summed E-state index contributed by atoms with van der Waals surface area (Å²) in [4.78, 5) is 6.99. The van der Waals surface area contributed by atoms with E-state index in [1.54, 1.807) is 19.2 Å². The fraction of sp³-hybridized carbons (Fsp3) is 0.522. The molecule has 0 bridgehead atoms. The molecule has 1 aliphatic heterocycles. The molecule has 31 heavy (non-hydrogen) atoms. The number of nitrogens with one attached hydrogen (secondary N) is 2. The molecule has 0 aliphatic carbocycles. The van der Waals surface area contributed by atoms with Gasteiger partial charge in [-0.05, 0) is 56.0 Å². The lowest BCUT2D eigenvalue weighted by Crippen LogP contribution is -2.38. The van der Waals surface area contributed by atoms with Gasteiger partial charge in [-0.25, -0.2) is 18.1 Å². The minimum atomic E-state index is -3.53. The molecule has 1 aromatic carbocycles. The number of benzene rings is 1. The van der Waals surface area contributed by atoms with E-state index in [4.69, 9.17) is 4.74 Å². The molecule has 1 aromatic heterocycles. The minimum absolute atomic E-state index is 0.0880. The molecule has 7 nitrogen and oxygen atoms in total. The van der Waals surface area contributed by atoms with E-state index in [0.29, 0.717) is 11.9 Å². The van der Waals surface area contributed by atoms with Gasteiger partial charge in [0.05, 0.1) is 7.11 Å². The van der Waals surface area contributed by atoms with Gasteiger partial charge in [-0.15, -0.1) is 0 Å². The van der Waals surface area contributed by atoms with Crippen molar-refractivity contribution in [2.24, 2.45) is 0 Å². The Morgan fingerprint density at radius 3 is 2.65 bits per heavy atom. The van der Waals surface area contributed by atoms with E-state index in [2.05, 4.69) is 32.1 Å². The molecule has 2 aromatic rings. The summed E-state index contributed by atoms with van der Waals surface area (Å²) in [6.45, 7) is 6.83. The Hall–Kier alpha value is -2.16. The first kappa shape index (κ1) is 23.5. The number of hydrogen-bond acceptors (Lipinski definition) is 6. The molecule has 8 heteroatoms. The van der Waals surface area contributed by atoms with Crippen LogP contribution in [0, 0.1) is 0 Å². The maximum atomic E-state index is 12.5. The molecule has 0 saturated carbocycles. The topological polar surface area (TPSA) is 83.6 Å². The molecule has 1 atom stereocenters. The summed E-state index contributed by atoms with van der Waals surface area (Å²) in [7, 11) is -1.84. The van der Waals surface area contributed by atoms with Gasteiger partial charge >= 0.3 is 0 Å². The SMILES string of the molecule is CCCC(C)NS(=O)(=O)c1ccc(NC2CCN(Cc3cccc(OC)c3)CC2)nc1. The normalized spacial score (nSPS) is 16.7. The van der Waals surface area contributed by atoms with Crippen LogP contribution in [-0.2, 0) is 16.6 Å². The predicted molar refractivity (Wildman–Crippen MR) is 124 cm³/mol. The van der Waals surface area contributed by atoms with Gasteiger partial charge in [0.1, 0.15) is 16.5 Å². The summed E-state index contributed by atoms with van der Waals surface area (Å²) >= 11 is 0. The number of rotatable bonds is 10. The maximum absolute atomic E-state index is 12.5. The largest absolute Gasteiger partial charge is 0.497 e. The van der Waals surface area contributed by atoms with E-state index in [0.717, 1.165) is 51.1 Å². The van der Waals surface area contributed by atoms with E-state index in [-0.39, 0.29) is 10.9 Å². The second-order valence-corrected chi connectivity index (χ2v) is 9.95. The number of likely N-dealkylation sites (tertiary alicyclic amines) is 1. The van der Waals surface area contributed by atoms with Crippen LogP contribution in [0.2, 0.25) is 0 Å². The summed E-state index contributed by atoms with van der Waals surface area (Å²) in [6, 6.07) is 11.8. The number of sulfonamides is 1. The van der Waals surface area contributed by atoms with Gasteiger partial charge in [0.2, 0.25) is 10.0 Å². The number of methoxy groups -OCH3 is 1. The number of pyridine rings is 1. The van der Waals surface area contributed by atoms with Crippen LogP contribution in [0.25, 0.3) is 0 Å². The number of piperidine rings is 1. The lowest BCUT2D eigenvalue weighted by molar-refractivity contribution is 0.211. The van der Waals surface area contributed by atoms with Crippen LogP contribution in [0.3, 0.4) is 0 Å². The van der Waals surface area contributed by atoms with E-state index in [9.17, 15) is 8.42 Å². The van der Waals surface area contributed by atoms with E-state index in [1.807, 2.05) is 26.0 Å². The Morgan fingerprint density at radius 1 is 1.23 bits per heavy atom. The van der Waals surface area contributed by atoms with Crippen molar-refractivity contribution in [3.05, 3.63) is 48.2 Å². The van der Waals surface area contributed by atoms with Gasteiger partial charge in [-0.3, -0.25) is 4.90 Å². The Kier molecular flexibility index (Phi) is 8.28. The fourth-order valence-electron chi connectivity index (χ4n) is 3.92. The predicted octanol–water partition coefficient (Wildman–Crippen LogP) is 3.63. The molecule has 0 radical (unpaired) electrons. The number of hydrogen-bond donors (Lipinski definition) is 2. The molecule has 0 spiro atoms. The van der Waals surface area contributed by atoms with Gasteiger partial charge in [0.15, 0.2) is 0 Å². The molecular formula is C23H34N4O3S. The van der Waals surface area contributed by atoms with Crippen LogP contribution in [0.4, 0.5) is 5.82 Å². The molecule has 3 rings (SSSR count). The standard InChI is InChI=1S/C23H34N4O3S/c1-4-6-18(2)26-31(28,29)22-9-10-23(24-16-22)25-20-11-13-27(14-12-20)17-19-7-5-8-21(15-19)30-3/h5,7-10,15-16,18,20,26H,4,6,11-14,17H2,1-3H3,(H,24,25). The third-order valence-electron chi connectivity index (χ3n) is 5.60. The van der Waals surface area contributed by atoms with Crippen molar-refractivity contribution in [2.45, 2.75) is 63.1 Å². The lowest BCUT2D eigenvalue weighted by atomic mass is 10.0. The highest BCUT2D eigenvalue weighted by Gasteiger charge is 2.21. The molecule has 1 fully saturated rings. The van der Waals surface area contributed by atoms with Gasteiger partial charge in [0.25, 0.3) is 0 Å². The average Bonchev–Trinajstić information content (AvgIpc) is 2.75. The van der Waals surface area contributed by atoms with E-state index >= 15 is 0 Å². The first-order valence-electron chi connectivity index (χ1n) is 11.0. The Bertz CT molecular complexity index is 926. The Labute approximate surface area is 186 Å². The van der Waals surface area contributed by atoms with E-state index in [1.165, 1.54) is 11.8 Å². The molecule has 170 valence electrons. The summed E-state index contributed by atoms with van der Waals surface area (Å²) < 4.78 is 32.9. The summed E-state index contributed by atoms with van der Waals surface area (Å²) in [5, 5.41) is 3.45. The van der Waals surface area contributed by atoms with Crippen LogP contribution >= 0.6 is 0 Å². The van der Waals surface area contributed by atoms with Gasteiger partial charge < -0.3 is 10.1 Å². The monoisotopic (exact) mass is 446 g/mol. The van der Waals surface area contributed by atoms with Crippen molar-refractivity contribution in [2.75, 3.05) is 25.5 Å². The minimum Gasteiger partial charge on any atom is -0.497 e. The van der Waals surface area contributed by atoms with Crippen LogP contribution in [0.1, 0.15) is 45.1 Å². The van der Waals surface area contributed by atoms with E-state index < -0.39 is 10.0 Å². The van der Waals surface area contributed by atoms with Crippen molar-refractivity contribution >= 4 is 15.8 Å². The first-order chi connectivity index (χ1) is 14.9. The Balaban J connectivity index is 1.49. The first-order valence-corrected chi connectivity index (χ1v) is 12.5. The van der Waals surface area contributed by atoms with Crippen molar-refractivity contribution < 1.29 is 13.2 Å². The molecule has 2 heterocycles. The highest BCUT2D eigenvalue weighted by Crippen LogP contribution is 2.20. The summed E-state index contributed by atoms with van der Waals surface area (Å²) in [5.74, 6) is 1.60. The zero-order valence-electron chi connectivity index (χ0n) is 18.7. The number of ether oxygens (including phenoxy) is 1. The van der Waals surface area contributed by atoms with Crippen LogP contribution < -0.4 is 14.8 Å². The van der Waals surface area contributed by atoms with Gasteiger partial charge in [0, 0.05) is 37.9 Å².